The van der Waals surface area contributed by atoms with Gasteiger partial charge in [-0.3, -0.25) is 4.79 Å². The number of rotatable bonds is 5. The van der Waals surface area contributed by atoms with Gasteiger partial charge in [-0.1, -0.05) is 41.9 Å². The zero-order chi connectivity index (χ0) is 18.8. The summed E-state index contributed by atoms with van der Waals surface area (Å²) < 4.78 is 0. The lowest BCUT2D eigenvalue weighted by Crippen LogP contribution is -2.26. The van der Waals surface area contributed by atoms with E-state index in [1.54, 1.807) is 12.1 Å². The highest BCUT2D eigenvalue weighted by Crippen LogP contribution is 2.33. The van der Waals surface area contributed by atoms with Crippen LogP contribution in [0.4, 0.5) is 0 Å². The number of aliphatic hydroxyl groups is 1. The van der Waals surface area contributed by atoms with Gasteiger partial charge in [-0.05, 0) is 30.7 Å². The van der Waals surface area contributed by atoms with Crippen LogP contribution in [0.15, 0.2) is 54.6 Å². The van der Waals surface area contributed by atoms with Crippen molar-refractivity contribution in [1.29, 1.82) is 0 Å². The van der Waals surface area contributed by atoms with Crippen molar-refractivity contribution < 1.29 is 9.90 Å². The maximum absolute atomic E-state index is 12.6. The molecule has 0 aliphatic heterocycles. The monoisotopic (exact) mass is 379 g/mol. The third-order valence-corrected chi connectivity index (χ3v) is 4.68. The summed E-state index contributed by atoms with van der Waals surface area (Å²) in [7, 11) is 0. The number of carbonyl (C=O) groups is 1. The average Bonchev–Trinajstić information content (AvgIpc) is 3.06. The zero-order valence-corrected chi connectivity index (χ0v) is 15.3. The predicted molar refractivity (Wildman–Crippen MR) is 108 cm³/mol. The van der Waals surface area contributed by atoms with E-state index in [4.69, 9.17) is 16.7 Å². The molecule has 0 atom stereocenters. The van der Waals surface area contributed by atoms with Gasteiger partial charge in [0.25, 0.3) is 5.91 Å². The summed E-state index contributed by atoms with van der Waals surface area (Å²) in [5.74, 6) is -0.265. The Bertz CT molecular complexity index is 1140. The van der Waals surface area contributed by atoms with E-state index in [1.807, 2.05) is 42.5 Å². The minimum atomic E-state index is -0.265. The number of nitrogens with zero attached hydrogens (tertiary/aromatic N) is 1. The van der Waals surface area contributed by atoms with E-state index in [0.29, 0.717) is 29.4 Å². The molecule has 2 aromatic heterocycles. The van der Waals surface area contributed by atoms with Crippen molar-refractivity contribution in [3.63, 3.8) is 0 Å². The lowest BCUT2D eigenvalue weighted by atomic mass is 10.1. The van der Waals surface area contributed by atoms with Gasteiger partial charge in [-0.25, -0.2) is 4.98 Å². The molecule has 0 spiro atoms. The number of hydrogen-bond donors (Lipinski definition) is 3. The first kappa shape index (κ1) is 17.5. The van der Waals surface area contributed by atoms with Crippen LogP contribution in [-0.4, -0.2) is 34.1 Å². The van der Waals surface area contributed by atoms with Crippen LogP contribution in [-0.2, 0) is 0 Å². The summed E-state index contributed by atoms with van der Waals surface area (Å²) in [6.07, 6.45) is 0.502. The van der Waals surface area contributed by atoms with E-state index in [-0.39, 0.29) is 12.5 Å². The summed E-state index contributed by atoms with van der Waals surface area (Å²) in [6.45, 7) is 0.429. The summed E-state index contributed by atoms with van der Waals surface area (Å²) in [4.78, 5) is 20.6. The highest BCUT2D eigenvalue weighted by Gasteiger charge is 2.17. The van der Waals surface area contributed by atoms with E-state index >= 15 is 0 Å². The van der Waals surface area contributed by atoms with Crippen LogP contribution >= 0.6 is 11.6 Å². The van der Waals surface area contributed by atoms with Gasteiger partial charge in [0.1, 0.15) is 5.69 Å². The number of H-pyrrole nitrogens is 1. The lowest BCUT2D eigenvalue weighted by Gasteiger charge is -2.08. The highest BCUT2D eigenvalue weighted by molar-refractivity contribution is 6.31. The Morgan fingerprint density at radius 3 is 2.78 bits per heavy atom. The van der Waals surface area contributed by atoms with Crippen LogP contribution in [0.5, 0.6) is 0 Å². The number of para-hydroxylation sites is 1. The van der Waals surface area contributed by atoms with Crippen molar-refractivity contribution in [2.75, 3.05) is 13.2 Å². The van der Waals surface area contributed by atoms with Gasteiger partial charge in [-0.15, -0.1) is 0 Å². The van der Waals surface area contributed by atoms with Crippen LogP contribution in [0.25, 0.3) is 33.1 Å². The lowest BCUT2D eigenvalue weighted by molar-refractivity contribution is 0.0946. The molecule has 136 valence electrons. The number of nitrogens with one attached hydrogen (secondary N) is 2. The van der Waals surface area contributed by atoms with Gasteiger partial charge in [0.15, 0.2) is 0 Å². The average molecular weight is 380 g/mol. The Balaban J connectivity index is 1.92. The van der Waals surface area contributed by atoms with Crippen LogP contribution in [0.2, 0.25) is 5.02 Å². The fourth-order valence-electron chi connectivity index (χ4n) is 3.18. The fraction of sp³-hybridized carbons (Fsp3) is 0.143. The molecule has 1 amide bonds. The molecule has 5 nitrogen and oxygen atoms in total. The van der Waals surface area contributed by atoms with Crippen LogP contribution < -0.4 is 5.32 Å². The standard InChI is InChI=1S/C21H18ClN3O2/c22-14-6-3-5-13(11-14)19-20-16(15-7-1-2-8-17(15)24-20)12-18(25-19)21(27)23-9-4-10-26/h1-3,5-8,11-12,24,26H,4,9-10H2,(H,23,27). The predicted octanol–water partition coefficient (Wildman–Crippen LogP) is 4.15. The minimum absolute atomic E-state index is 0.0307. The molecule has 0 aliphatic carbocycles. The van der Waals surface area contributed by atoms with Crippen molar-refractivity contribution >= 4 is 39.3 Å². The first-order valence-electron chi connectivity index (χ1n) is 8.74. The molecular formula is C21H18ClN3O2. The van der Waals surface area contributed by atoms with E-state index in [0.717, 1.165) is 27.4 Å². The van der Waals surface area contributed by atoms with Crippen molar-refractivity contribution in [3.05, 3.63) is 65.3 Å². The number of pyridine rings is 1. The maximum atomic E-state index is 12.6. The first-order chi connectivity index (χ1) is 13.2. The van der Waals surface area contributed by atoms with Gasteiger partial charge in [0.2, 0.25) is 0 Å². The molecule has 3 N–H and O–H groups in total. The van der Waals surface area contributed by atoms with Crippen molar-refractivity contribution in [3.8, 4) is 11.3 Å². The van der Waals surface area contributed by atoms with Gasteiger partial charge in [0, 0.05) is 40.0 Å². The molecule has 6 heteroatoms. The number of aromatic nitrogens is 2. The molecule has 0 aliphatic rings. The minimum Gasteiger partial charge on any atom is -0.396 e. The number of carbonyl (C=O) groups excluding carboxylic acids is 1. The van der Waals surface area contributed by atoms with Crippen molar-refractivity contribution in [2.45, 2.75) is 6.42 Å². The summed E-state index contributed by atoms with van der Waals surface area (Å²) >= 11 is 6.17. The maximum Gasteiger partial charge on any atom is 0.269 e. The Morgan fingerprint density at radius 1 is 1.11 bits per heavy atom. The first-order valence-corrected chi connectivity index (χ1v) is 9.11. The molecule has 0 radical (unpaired) electrons. The summed E-state index contributed by atoms with van der Waals surface area (Å²) in [5, 5.41) is 14.3. The Hall–Kier alpha value is -2.89. The van der Waals surface area contributed by atoms with Gasteiger partial charge >= 0.3 is 0 Å². The van der Waals surface area contributed by atoms with E-state index in [1.165, 1.54) is 0 Å². The SMILES string of the molecule is O=C(NCCCO)c1cc2c([nH]c3ccccc32)c(-c2cccc(Cl)c2)n1. The molecule has 27 heavy (non-hydrogen) atoms. The zero-order valence-electron chi connectivity index (χ0n) is 14.5. The van der Waals surface area contributed by atoms with Gasteiger partial charge < -0.3 is 15.4 Å². The largest absolute Gasteiger partial charge is 0.396 e. The van der Waals surface area contributed by atoms with Crippen molar-refractivity contribution in [1.82, 2.24) is 15.3 Å². The number of aliphatic hydroxyl groups excluding tert-OH is 1. The quantitative estimate of drug-likeness (QED) is 0.456. The normalized spacial score (nSPS) is 11.2. The Kier molecular flexibility index (Phi) is 4.79. The molecule has 4 rings (SSSR count). The molecule has 4 aromatic rings. The molecule has 2 aromatic carbocycles. The number of benzene rings is 2. The fourth-order valence-corrected chi connectivity index (χ4v) is 3.37. The molecule has 0 bridgehead atoms. The highest BCUT2D eigenvalue weighted by atomic mass is 35.5. The third kappa shape index (κ3) is 3.39. The number of halogens is 1. The topological polar surface area (TPSA) is 78.0 Å². The number of hydrogen-bond acceptors (Lipinski definition) is 3. The Labute approximate surface area is 161 Å². The molecule has 0 saturated heterocycles. The number of fused-ring (bicyclic) bond motifs is 3. The molecular weight excluding hydrogens is 362 g/mol. The van der Waals surface area contributed by atoms with E-state index in [9.17, 15) is 4.79 Å². The molecule has 0 saturated carbocycles. The van der Waals surface area contributed by atoms with Crippen LogP contribution in [0.3, 0.4) is 0 Å². The van der Waals surface area contributed by atoms with E-state index < -0.39 is 0 Å². The van der Waals surface area contributed by atoms with E-state index in [2.05, 4.69) is 15.3 Å². The van der Waals surface area contributed by atoms with Gasteiger partial charge in [0.05, 0.1) is 11.2 Å². The number of amides is 1. The van der Waals surface area contributed by atoms with Crippen molar-refractivity contribution in [2.24, 2.45) is 0 Å². The van der Waals surface area contributed by atoms with Gasteiger partial charge in [-0.2, -0.15) is 0 Å². The second-order valence-corrected chi connectivity index (χ2v) is 6.73. The third-order valence-electron chi connectivity index (χ3n) is 4.45. The smallest absolute Gasteiger partial charge is 0.269 e. The molecule has 0 unspecified atom stereocenters. The second kappa shape index (κ2) is 7.39. The Morgan fingerprint density at radius 2 is 1.96 bits per heavy atom. The molecule has 2 heterocycles. The van der Waals surface area contributed by atoms with Crippen LogP contribution in [0, 0.1) is 0 Å². The second-order valence-electron chi connectivity index (χ2n) is 6.29. The molecule has 0 fully saturated rings. The number of aromatic amines is 1. The van der Waals surface area contributed by atoms with Crippen LogP contribution in [0.1, 0.15) is 16.9 Å². The summed E-state index contributed by atoms with van der Waals surface area (Å²) in [6, 6.07) is 17.2. The summed E-state index contributed by atoms with van der Waals surface area (Å²) in [5.41, 5.74) is 3.70.